The SMILES string of the molecule is COc1cc(-c2ccc(/C=C/C(=O)Nc3cc(-c4cccs4)ccc3N)cn2)cc(OC)c1OC. The minimum absolute atomic E-state index is 0.284. The Balaban J connectivity index is 1.48. The van der Waals surface area contributed by atoms with Crippen molar-refractivity contribution >= 4 is 34.7 Å². The van der Waals surface area contributed by atoms with Gasteiger partial charge in [0.05, 0.1) is 38.4 Å². The van der Waals surface area contributed by atoms with Gasteiger partial charge in [0.25, 0.3) is 0 Å². The van der Waals surface area contributed by atoms with E-state index in [0.29, 0.717) is 28.6 Å². The lowest BCUT2D eigenvalue weighted by Crippen LogP contribution is -2.09. The zero-order chi connectivity index (χ0) is 24.8. The molecule has 7 nitrogen and oxygen atoms in total. The quantitative estimate of drug-likeness (QED) is 0.243. The van der Waals surface area contributed by atoms with E-state index in [-0.39, 0.29) is 5.91 Å². The summed E-state index contributed by atoms with van der Waals surface area (Å²) in [5.41, 5.74) is 10.4. The first-order chi connectivity index (χ1) is 17.0. The Kier molecular flexibility index (Phi) is 7.32. The summed E-state index contributed by atoms with van der Waals surface area (Å²) in [5.74, 6) is 1.33. The molecule has 4 aromatic rings. The van der Waals surface area contributed by atoms with Crippen LogP contribution in [-0.2, 0) is 4.79 Å². The number of ether oxygens (including phenoxy) is 3. The second-order valence-corrected chi connectivity index (χ2v) is 8.44. The third kappa shape index (κ3) is 5.44. The maximum absolute atomic E-state index is 12.5. The van der Waals surface area contributed by atoms with Gasteiger partial charge in [-0.25, -0.2) is 0 Å². The summed E-state index contributed by atoms with van der Waals surface area (Å²) in [4.78, 5) is 18.1. The summed E-state index contributed by atoms with van der Waals surface area (Å²) < 4.78 is 16.2. The van der Waals surface area contributed by atoms with Crippen molar-refractivity contribution in [3.63, 3.8) is 0 Å². The molecule has 0 spiro atoms. The van der Waals surface area contributed by atoms with Crippen LogP contribution in [0.3, 0.4) is 0 Å². The van der Waals surface area contributed by atoms with Crippen molar-refractivity contribution in [2.45, 2.75) is 0 Å². The molecule has 0 bridgehead atoms. The molecule has 2 aromatic heterocycles. The number of nitrogen functional groups attached to an aromatic ring is 1. The molecule has 178 valence electrons. The molecule has 8 heteroatoms. The van der Waals surface area contributed by atoms with Crippen LogP contribution in [0.5, 0.6) is 17.2 Å². The highest BCUT2D eigenvalue weighted by Gasteiger charge is 2.14. The van der Waals surface area contributed by atoms with Gasteiger partial charge < -0.3 is 25.3 Å². The fraction of sp³-hybridized carbons (Fsp3) is 0.111. The van der Waals surface area contributed by atoms with E-state index in [1.807, 2.05) is 53.9 Å². The van der Waals surface area contributed by atoms with Gasteiger partial charge in [-0.1, -0.05) is 18.2 Å². The zero-order valence-corrected chi connectivity index (χ0v) is 20.4. The molecule has 0 aliphatic heterocycles. The molecule has 0 atom stereocenters. The molecule has 0 saturated carbocycles. The third-order valence-electron chi connectivity index (χ3n) is 5.29. The third-order valence-corrected chi connectivity index (χ3v) is 6.21. The van der Waals surface area contributed by atoms with Gasteiger partial charge in [-0.3, -0.25) is 9.78 Å². The number of pyridine rings is 1. The van der Waals surface area contributed by atoms with E-state index >= 15 is 0 Å². The van der Waals surface area contributed by atoms with E-state index in [1.165, 1.54) is 6.08 Å². The highest BCUT2D eigenvalue weighted by molar-refractivity contribution is 7.13. The van der Waals surface area contributed by atoms with Crippen LogP contribution >= 0.6 is 11.3 Å². The van der Waals surface area contributed by atoms with Gasteiger partial charge in [-0.15, -0.1) is 11.3 Å². The van der Waals surface area contributed by atoms with Gasteiger partial charge in [-0.05, 0) is 59.0 Å². The molecule has 0 saturated heterocycles. The second-order valence-electron chi connectivity index (χ2n) is 7.49. The predicted octanol–water partition coefficient (Wildman–Crippen LogP) is 5.74. The van der Waals surface area contributed by atoms with Gasteiger partial charge in [0.1, 0.15) is 0 Å². The maximum atomic E-state index is 12.5. The van der Waals surface area contributed by atoms with E-state index in [4.69, 9.17) is 19.9 Å². The fourth-order valence-electron chi connectivity index (χ4n) is 3.51. The van der Waals surface area contributed by atoms with Crippen LogP contribution in [0.25, 0.3) is 27.8 Å². The Morgan fingerprint density at radius 2 is 1.74 bits per heavy atom. The lowest BCUT2D eigenvalue weighted by molar-refractivity contribution is -0.111. The topological polar surface area (TPSA) is 95.7 Å². The number of carbonyl (C=O) groups excluding carboxylic acids is 1. The first-order valence-electron chi connectivity index (χ1n) is 10.7. The molecule has 0 unspecified atom stereocenters. The number of anilines is 2. The van der Waals surface area contributed by atoms with Crippen molar-refractivity contribution in [2.24, 2.45) is 0 Å². The van der Waals surface area contributed by atoms with Crippen molar-refractivity contribution in [2.75, 3.05) is 32.4 Å². The van der Waals surface area contributed by atoms with Crippen LogP contribution in [0.2, 0.25) is 0 Å². The lowest BCUT2D eigenvalue weighted by Gasteiger charge is -2.14. The van der Waals surface area contributed by atoms with E-state index < -0.39 is 0 Å². The number of methoxy groups -OCH3 is 3. The first-order valence-corrected chi connectivity index (χ1v) is 11.6. The number of aromatic nitrogens is 1. The van der Waals surface area contributed by atoms with E-state index in [9.17, 15) is 4.79 Å². The predicted molar refractivity (Wildman–Crippen MR) is 141 cm³/mol. The number of benzene rings is 2. The van der Waals surface area contributed by atoms with E-state index in [2.05, 4.69) is 10.3 Å². The minimum atomic E-state index is -0.284. The van der Waals surface area contributed by atoms with E-state index in [0.717, 1.165) is 27.3 Å². The minimum Gasteiger partial charge on any atom is -0.493 e. The summed E-state index contributed by atoms with van der Waals surface area (Å²) in [7, 11) is 4.70. The molecule has 35 heavy (non-hydrogen) atoms. The van der Waals surface area contributed by atoms with Crippen molar-refractivity contribution in [3.8, 4) is 38.9 Å². The van der Waals surface area contributed by atoms with Crippen LogP contribution < -0.4 is 25.3 Å². The maximum Gasteiger partial charge on any atom is 0.248 e. The molecule has 1 amide bonds. The molecule has 0 aliphatic carbocycles. The van der Waals surface area contributed by atoms with Gasteiger partial charge in [0, 0.05) is 22.7 Å². The Hall–Kier alpha value is -4.30. The Morgan fingerprint density at radius 3 is 2.34 bits per heavy atom. The van der Waals surface area contributed by atoms with Crippen LogP contribution in [0.4, 0.5) is 11.4 Å². The largest absolute Gasteiger partial charge is 0.493 e. The van der Waals surface area contributed by atoms with Gasteiger partial charge in [0.2, 0.25) is 11.7 Å². The number of amides is 1. The number of thiophene rings is 1. The van der Waals surface area contributed by atoms with Crippen LogP contribution in [0, 0.1) is 0 Å². The summed E-state index contributed by atoms with van der Waals surface area (Å²) in [6.45, 7) is 0. The average Bonchev–Trinajstić information content (AvgIpc) is 3.43. The summed E-state index contributed by atoms with van der Waals surface area (Å²) in [6.07, 6.45) is 4.84. The number of nitrogens with one attached hydrogen (secondary N) is 1. The van der Waals surface area contributed by atoms with Gasteiger partial charge in [-0.2, -0.15) is 0 Å². The lowest BCUT2D eigenvalue weighted by atomic mass is 10.1. The highest BCUT2D eigenvalue weighted by Crippen LogP contribution is 2.40. The number of carbonyl (C=O) groups is 1. The summed E-state index contributed by atoms with van der Waals surface area (Å²) >= 11 is 1.63. The average molecular weight is 488 g/mol. The van der Waals surface area contributed by atoms with Crippen molar-refractivity contribution in [1.29, 1.82) is 0 Å². The molecule has 4 rings (SSSR count). The Labute approximate surface area is 207 Å². The van der Waals surface area contributed by atoms with Gasteiger partial charge >= 0.3 is 0 Å². The van der Waals surface area contributed by atoms with Crippen molar-refractivity contribution < 1.29 is 19.0 Å². The normalized spacial score (nSPS) is 10.8. The van der Waals surface area contributed by atoms with E-state index in [1.54, 1.807) is 51.0 Å². The number of hydrogen-bond acceptors (Lipinski definition) is 7. The van der Waals surface area contributed by atoms with Crippen LogP contribution in [-0.4, -0.2) is 32.2 Å². The standard InChI is InChI=1S/C27H25N3O4S/c1-32-23-14-19(15-24(33-2)27(23)34-3)21-10-6-17(16-29-21)7-11-26(31)30-22-13-18(8-9-20(22)28)25-5-4-12-35-25/h4-16H,28H2,1-3H3,(H,30,31)/b11-7+. The fourth-order valence-corrected chi connectivity index (χ4v) is 4.23. The number of rotatable bonds is 8. The number of nitrogens with zero attached hydrogens (tertiary/aromatic N) is 1. The zero-order valence-electron chi connectivity index (χ0n) is 19.6. The van der Waals surface area contributed by atoms with Gasteiger partial charge in [0.15, 0.2) is 11.5 Å². The molecule has 0 radical (unpaired) electrons. The first kappa shape index (κ1) is 23.8. The molecule has 0 aliphatic rings. The monoisotopic (exact) mass is 487 g/mol. The van der Waals surface area contributed by atoms with Crippen LogP contribution in [0.15, 0.2) is 72.3 Å². The van der Waals surface area contributed by atoms with Crippen LogP contribution in [0.1, 0.15) is 5.56 Å². The highest BCUT2D eigenvalue weighted by atomic mass is 32.1. The molecule has 3 N–H and O–H groups in total. The smallest absolute Gasteiger partial charge is 0.248 e. The Morgan fingerprint density at radius 1 is 0.971 bits per heavy atom. The van der Waals surface area contributed by atoms with Crippen molar-refractivity contribution in [3.05, 3.63) is 77.8 Å². The summed E-state index contributed by atoms with van der Waals surface area (Å²) in [6, 6.07) is 17.0. The number of nitrogens with two attached hydrogens (primary N) is 1. The molecular weight excluding hydrogens is 462 g/mol. The molecule has 2 heterocycles. The molecule has 2 aromatic carbocycles. The molecule has 0 fully saturated rings. The summed E-state index contributed by atoms with van der Waals surface area (Å²) in [5, 5.41) is 4.86. The van der Waals surface area contributed by atoms with Crippen molar-refractivity contribution in [1.82, 2.24) is 4.98 Å². The second kappa shape index (κ2) is 10.8. The molecular formula is C27H25N3O4S. The number of hydrogen-bond donors (Lipinski definition) is 2. The Bertz CT molecular complexity index is 1320.